The molecule has 1 aliphatic rings. The SMILES string of the molecule is CCC1(C)C=C/C(=N\NS(=O)(=O)c2ccc(C)cc2)CC1. The number of rotatable bonds is 4. The maximum atomic E-state index is 12.1. The zero-order valence-electron chi connectivity index (χ0n) is 12.8. The Balaban J connectivity index is 2.10. The Morgan fingerprint density at radius 3 is 2.48 bits per heavy atom. The molecule has 0 aliphatic heterocycles. The van der Waals surface area contributed by atoms with Crippen LogP contribution in [0, 0.1) is 12.3 Å². The third kappa shape index (κ3) is 3.94. The second-order valence-corrected chi connectivity index (χ2v) is 7.51. The Kier molecular flexibility index (Phi) is 4.52. The minimum absolute atomic E-state index is 0.203. The lowest BCUT2D eigenvalue weighted by Crippen LogP contribution is -2.23. The quantitative estimate of drug-likeness (QED) is 0.867. The van der Waals surface area contributed by atoms with Crippen LogP contribution in [0.15, 0.2) is 46.4 Å². The third-order valence-electron chi connectivity index (χ3n) is 4.08. The van der Waals surface area contributed by atoms with E-state index in [0.717, 1.165) is 30.5 Å². The first-order valence-corrected chi connectivity index (χ1v) is 8.67. The summed E-state index contributed by atoms with van der Waals surface area (Å²) in [5.41, 5.74) is 2.00. The molecule has 0 saturated heterocycles. The van der Waals surface area contributed by atoms with Crippen LogP contribution in [0.1, 0.15) is 38.7 Å². The van der Waals surface area contributed by atoms with Crippen LogP contribution in [0.5, 0.6) is 0 Å². The molecule has 114 valence electrons. The molecule has 0 aromatic heterocycles. The fourth-order valence-electron chi connectivity index (χ4n) is 2.15. The summed E-state index contributed by atoms with van der Waals surface area (Å²) in [7, 11) is -3.58. The summed E-state index contributed by atoms with van der Waals surface area (Å²) < 4.78 is 24.3. The predicted octanol–water partition coefficient (Wildman–Crippen LogP) is 3.40. The first kappa shape index (κ1) is 15.8. The van der Waals surface area contributed by atoms with Crippen LogP contribution in [0.3, 0.4) is 0 Å². The smallest absolute Gasteiger partial charge is 0.200 e. The van der Waals surface area contributed by atoms with Crippen molar-refractivity contribution in [3.8, 4) is 0 Å². The number of allylic oxidation sites excluding steroid dienone is 2. The number of hydrogen-bond acceptors (Lipinski definition) is 3. The largest absolute Gasteiger partial charge is 0.276 e. The molecule has 1 aliphatic carbocycles. The van der Waals surface area contributed by atoms with Crippen LogP contribution >= 0.6 is 0 Å². The van der Waals surface area contributed by atoms with Crippen molar-refractivity contribution in [3.63, 3.8) is 0 Å². The average Bonchev–Trinajstić information content (AvgIpc) is 2.47. The molecule has 0 spiro atoms. The highest BCUT2D eigenvalue weighted by molar-refractivity contribution is 7.89. The van der Waals surface area contributed by atoms with Gasteiger partial charge in [0.05, 0.1) is 10.6 Å². The molecule has 0 radical (unpaired) electrons. The number of hydrogen-bond donors (Lipinski definition) is 1. The summed E-state index contributed by atoms with van der Waals surface area (Å²) in [4.78, 5) is 2.55. The number of sulfonamides is 1. The lowest BCUT2D eigenvalue weighted by Gasteiger charge is -2.27. The highest BCUT2D eigenvalue weighted by atomic mass is 32.2. The zero-order valence-corrected chi connectivity index (χ0v) is 13.6. The van der Waals surface area contributed by atoms with Gasteiger partial charge in [-0.3, -0.25) is 0 Å². The number of hydrazone groups is 1. The van der Waals surface area contributed by atoms with Crippen molar-refractivity contribution in [2.75, 3.05) is 0 Å². The van der Waals surface area contributed by atoms with Gasteiger partial charge >= 0.3 is 0 Å². The van der Waals surface area contributed by atoms with Crippen LogP contribution in [0.2, 0.25) is 0 Å². The van der Waals surface area contributed by atoms with Gasteiger partial charge in [-0.1, -0.05) is 37.6 Å². The second-order valence-electron chi connectivity index (χ2n) is 5.85. The minimum Gasteiger partial charge on any atom is -0.200 e. The summed E-state index contributed by atoms with van der Waals surface area (Å²) in [5, 5.41) is 4.05. The topological polar surface area (TPSA) is 58.5 Å². The van der Waals surface area contributed by atoms with Crippen LogP contribution in [-0.2, 0) is 10.0 Å². The maximum Gasteiger partial charge on any atom is 0.276 e. The van der Waals surface area contributed by atoms with E-state index in [1.807, 2.05) is 13.0 Å². The number of nitrogens with zero attached hydrogens (tertiary/aromatic N) is 1. The molecule has 0 amide bonds. The first-order valence-electron chi connectivity index (χ1n) is 7.19. The molecular weight excluding hydrogens is 284 g/mol. The van der Waals surface area contributed by atoms with E-state index in [0.29, 0.717) is 0 Å². The molecule has 1 unspecified atom stereocenters. The molecule has 0 bridgehead atoms. The third-order valence-corrected chi connectivity index (χ3v) is 5.30. The van der Waals surface area contributed by atoms with Crippen LogP contribution < -0.4 is 4.83 Å². The van der Waals surface area contributed by atoms with Gasteiger partial charge in [0.1, 0.15) is 0 Å². The van der Waals surface area contributed by atoms with Gasteiger partial charge in [-0.2, -0.15) is 18.4 Å². The van der Waals surface area contributed by atoms with Crippen molar-refractivity contribution >= 4 is 15.7 Å². The fourth-order valence-corrected chi connectivity index (χ4v) is 2.99. The highest BCUT2D eigenvalue weighted by Crippen LogP contribution is 2.32. The summed E-state index contributed by atoms with van der Waals surface area (Å²) in [6, 6.07) is 6.72. The molecule has 0 heterocycles. The van der Waals surface area contributed by atoms with Gasteiger partial charge in [0, 0.05) is 0 Å². The number of nitrogens with one attached hydrogen (secondary N) is 1. The number of aryl methyl sites for hydroxylation is 1. The van der Waals surface area contributed by atoms with Crippen LogP contribution in [-0.4, -0.2) is 14.1 Å². The van der Waals surface area contributed by atoms with Gasteiger partial charge < -0.3 is 0 Å². The summed E-state index contributed by atoms with van der Waals surface area (Å²) in [5.74, 6) is 0. The Morgan fingerprint density at radius 1 is 1.29 bits per heavy atom. The molecule has 21 heavy (non-hydrogen) atoms. The molecule has 0 saturated carbocycles. The van der Waals surface area contributed by atoms with E-state index in [1.54, 1.807) is 24.3 Å². The molecule has 1 atom stereocenters. The van der Waals surface area contributed by atoms with Crippen LogP contribution in [0.25, 0.3) is 0 Å². The van der Waals surface area contributed by atoms with E-state index < -0.39 is 10.0 Å². The van der Waals surface area contributed by atoms with E-state index in [4.69, 9.17) is 0 Å². The van der Waals surface area contributed by atoms with Crippen molar-refractivity contribution in [3.05, 3.63) is 42.0 Å². The first-order chi connectivity index (χ1) is 9.85. The van der Waals surface area contributed by atoms with Gasteiger partial charge in [0.25, 0.3) is 10.0 Å². The zero-order chi connectivity index (χ0) is 15.5. The number of benzene rings is 1. The molecule has 4 nitrogen and oxygen atoms in total. The normalized spacial score (nSPS) is 24.2. The fraction of sp³-hybridized carbons (Fsp3) is 0.438. The molecular formula is C16H22N2O2S. The van der Waals surface area contributed by atoms with E-state index in [9.17, 15) is 8.42 Å². The van der Waals surface area contributed by atoms with Gasteiger partial charge in [-0.15, -0.1) is 0 Å². The van der Waals surface area contributed by atoms with Crippen molar-refractivity contribution in [2.24, 2.45) is 10.5 Å². The second kappa shape index (κ2) is 6.02. The molecule has 2 rings (SSSR count). The average molecular weight is 306 g/mol. The summed E-state index contributed by atoms with van der Waals surface area (Å²) >= 11 is 0. The minimum atomic E-state index is -3.58. The Hall–Kier alpha value is -1.62. The van der Waals surface area contributed by atoms with E-state index >= 15 is 0 Å². The Morgan fingerprint density at radius 2 is 1.95 bits per heavy atom. The Bertz CT molecular complexity index is 660. The van der Waals surface area contributed by atoms with Crippen LogP contribution in [0.4, 0.5) is 0 Å². The summed E-state index contributed by atoms with van der Waals surface area (Å²) in [6.07, 6.45) is 6.90. The molecule has 1 aromatic carbocycles. The van der Waals surface area contributed by atoms with Gasteiger partial charge in [-0.25, -0.2) is 0 Å². The predicted molar refractivity (Wildman–Crippen MR) is 85.7 cm³/mol. The molecule has 1 N–H and O–H groups in total. The van der Waals surface area contributed by atoms with Crippen molar-refractivity contribution < 1.29 is 8.42 Å². The van der Waals surface area contributed by atoms with E-state index in [-0.39, 0.29) is 10.3 Å². The molecule has 5 heteroatoms. The van der Waals surface area contributed by atoms with Gasteiger partial charge in [-0.05, 0) is 49.8 Å². The lowest BCUT2D eigenvalue weighted by atomic mass is 9.78. The molecule has 1 aromatic rings. The monoisotopic (exact) mass is 306 g/mol. The van der Waals surface area contributed by atoms with Crippen molar-refractivity contribution in [2.45, 2.75) is 44.9 Å². The standard InChI is InChI=1S/C16H22N2O2S/c1-4-16(3)11-9-14(10-12-16)17-18-21(19,20)15-7-5-13(2)6-8-15/h5-9,11,18H,4,10,12H2,1-3H3/b17-14+. The van der Waals surface area contributed by atoms with Gasteiger partial charge in [0.2, 0.25) is 0 Å². The van der Waals surface area contributed by atoms with Crippen molar-refractivity contribution in [1.29, 1.82) is 0 Å². The highest BCUT2D eigenvalue weighted by Gasteiger charge is 2.23. The molecule has 0 fully saturated rings. The maximum absolute atomic E-state index is 12.1. The lowest BCUT2D eigenvalue weighted by molar-refractivity contribution is 0.379. The van der Waals surface area contributed by atoms with Gasteiger partial charge in [0.15, 0.2) is 0 Å². The van der Waals surface area contributed by atoms with Crippen molar-refractivity contribution in [1.82, 2.24) is 4.83 Å². The Labute approximate surface area is 127 Å². The van der Waals surface area contributed by atoms with E-state index in [1.165, 1.54) is 0 Å². The van der Waals surface area contributed by atoms with E-state index in [2.05, 4.69) is 29.9 Å². The summed E-state index contributed by atoms with van der Waals surface area (Å²) in [6.45, 7) is 6.28.